The van der Waals surface area contributed by atoms with Crippen LogP contribution in [0.25, 0.3) is 0 Å². The molecule has 0 aliphatic heterocycles. The molecule has 1 heterocycles. The minimum absolute atomic E-state index is 0.470. The number of hydrogen-bond donors (Lipinski definition) is 1. The van der Waals surface area contributed by atoms with E-state index < -0.39 is 0 Å². The Balaban J connectivity index is 2.19. The molecule has 0 spiro atoms. The van der Waals surface area contributed by atoms with Crippen molar-refractivity contribution in [2.75, 3.05) is 13.6 Å². The third-order valence-corrected chi connectivity index (χ3v) is 4.80. The lowest BCUT2D eigenvalue weighted by Gasteiger charge is -2.42. The van der Waals surface area contributed by atoms with Gasteiger partial charge in [0.1, 0.15) is 0 Å². The van der Waals surface area contributed by atoms with Gasteiger partial charge in [-0.25, -0.2) is 0 Å². The molecule has 1 aliphatic carbocycles. The fraction of sp³-hybridized carbons (Fsp3) is 0.750. The van der Waals surface area contributed by atoms with Crippen LogP contribution < -0.4 is 5.32 Å². The van der Waals surface area contributed by atoms with Crippen LogP contribution in [0.5, 0.6) is 0 Å². The van der Waals surface area contributed by atoms with Crippen LogP contribution in [0, 0.1) is 12.3 Å². The summed E-state index contributed by atoms with van der Waals surface area (Å²) in [6.45, 7) is 3.17. The highest BCUT2D eigenvalue weighted by molar-refractivity contribution is 9.10. The van der Waals surface area contributed by atoms with Crippen molar-refractivity contribution < 1.29 is 0 Å². The minimum atomic E-state index is 0.470. The van der Waals surface area contributed by atoms with E-state index in [1.165, 1.54) is 29.4 Å². The van der Waals surface area contributed by atoms with Gasteiger partial charge in [-0.05, 0) is 54.6 Å². The Morgan fingerprint density at radius 1 is 1.50 bits per heavy atom. The van der Waals surface area contributed by atoms with Crippen molar-refractivity contribution in [1.29, 1.82) is 0 Å². The Kier molecular flexibility index (Phi) is 3.40. The normalized spacial score (nSPS) is 18.5. The molecule has 1 fully saturated rings. The molecule has 0 unspecified atom stereocenters. The maximum Gasteiger partial charge on any atom is 0.0738 e. The van der Waals surface area contributed by atoms with Crippen LogP contribution in [0.1, 0.15) is 30.7 Å². The van der Waals surface area contributed by atoms with Crippen LogP contribution in [0.2, 0.25) is 0 Å². The van der Waals surface area contributed by atoms with Crippen LogP contribution in [0.3, 0.4) is 0 Å². The van der Waals surface area contributed by atoms with Gasteiger partial charge < -0.3 is 5.32 Å². The predicted octanol–water partition coefficient (Wildman–Crippen LogP) is 2.42. The highest BCUT2D eigenvalue weighted by Crippen LogP contribution is 2.44. The maximum absolute atomic E-state index is 4.46. The van der Waals surface area contributed by atoms with Crippen LogP contribution in [-0.2, 0) is 13.5 Å². The summed E-state index contributed by atoms with van der Waals surface area (Å²) in [6, 6.07) is 0. The molecular formula is C12H20BrN3. The quantitative estimate of drug-likeness (QED) is 0.921. The molecule has 0 radical (unpaired) electrons. The van der Waals surface area contributed by atoms with Gasteiger partial charge in [0.15, 0.2) is 0 Å². The second-order valence-corrected chi connectivity index (χ2v) is 5.82. The zero-order valence-electron chi connectivity index (χ0n) is 10.3. The van der Waals surface area contributed by atoms with E-state index in [1.807, 2.05) is 18.8 Å². The molecule has 90 valence electrons. The molecule has 0 amide bonds. The Labute approximate surface area is 106 Å². The number of halogens is 1. The van der Waals surface area contributed by atoms with E-state index >= 15 is 0 Å². The van der Waals surface area contributed by atoms with Crippen LogP contribution in [0.15, 0.2) is 4.47 Å². The van der Waals surface area contributed by atoms with E-state index in [4.69, 9.17) is 0 Å². The van der Waals surface area contributed by atoms with Gasteiger partial charge in [-0.3, -0.25) is 4.68 Å². The molecule has 0 bridgehead atoms. The zero-order chi connectivity index (χ0) is 11.8. The SMILES string of the molecule is CNCC1(Cc2c(Br)c(C)nn2C)CCC1. The standard InChI is InChI=1S/C12H20BrN3/c1-9-11(13)10(16(3)15-9)7-12(8-14-2)5-4-6-12/h14H,4-8H2,1-3H3. The second kappa shape index (κ2) is 4.49. The fourth-order valence-corrected chi connectivity index (χ4v) is 3.17. The lowest BCUT2D eigenvalue weighted by Crippen LogP contribution is -2.41. The highest BCUT2D eigenvalue weighted by atomic mass is 79.9. The van der Waals surface area contributed by atoms with Crippen molar-refractivity contribution in [2.45, 2.75) is 32.6 Å². The molecule has 3 nitrogen and oxygen atoms in total. The summed E-state index contributed by atoms with van der Waals surface area (Å²) in [5.74, 6) is 0. The molecule has 0 saturated heterocycles. The maximum atomic E-state index is 4.46. The van der Waals surface area contributed by atoms with E-state index in [0.717, 1.165) is 18.7 Å². The first kappa shape index (κ1) is 12.1. The zero-order valence-corrected chi connectivity index (χ0v) is 11.9. The molecule has 1 aliphatic rings. The summed E-state index contributed by atoms with van der Waals surface area (Å²) >= 11 is 3.65. The predicted molar refractivity (Wildman–Crippen MR) is 69.6 cm³/mol. The second-order valence-electron chi connectivity index (χ2n) is 5.03. The van der Waals surface area contributed by atoms with Gasteiger partial charge in [-0.15, -0.1) is 0 Å². The van der Waals surface area contributed by atoms with Crippen molar-refractivity contribution in [3.63, 3.8) is 0 Å². The van der Waals surface area contributed by atoms with Gasteiger partial charge >= 0.3 is 0 Å². The number of nitrogens with zero attached hydrogens (tertiary/aromatic N) is 2. The number of aromatic nitrogens is 2. The van der Waals surface area contributed by atoms with Crippen molar-refractivity contribution in [3.8, 4) is 0 Å². The average Bonchev–Trinajstić information content (AvgIpc) is 2.41. The third kappa shape index (κ3) is 2.05. The molecule has 0 atom stereocenters. The van der Waals surface area contributed by atoms with Gasteiger partial charge in [0, 0.05) is 13.6 Å². The first-order valence-electron chi connectivity index (χ1n) is 5.90. The van der Waals surface area contributed by atoms with Gasteiger partial charge in [0.05, 0.1) is 15.9 Å². The smallest absolute Gasteiger partial charge is 0.0738 e. The fourth-order valence-electron chi connectivity index (χ4n) is 2.70. The summed E-state index contributed by atoms with van der Waals surface area (Å²) in [7, 11) is 4.09. The average molecular weight is 286 g/mol. The first-order chi connectivity index (χ1) is 7.58. The Morgan fingerprint density at radius 2 is 2.19 bits per heavy atom. The van der Waals surface area contributed by atoms with Crippen LogP contribution in [-0.4, -0.2) is 23.4 Å². The minimum Gasteiger partial charge on any atom is -0.319 e. The molecule has 4 heteroatoms. The molecule has 1 saturated carbocycles. The van der Waals surface area contributed by atoms with Gasteiger partial charge in [0.2, 0.25) is 0 Å². The van der Waals surface area contributed by atoms with Crippen LogP contribution in [0.4, 0.5) is 0 Å². The largest absolute Gasteiger partial charge is 0.319 e. The first-order valence-corrected chi connectivity index (χ1v) is 6.70. The van der Waals surface area contributed by atoms with Crippen molar-refractivity contribution in [1.82, 2.24) is 15.1 Å². The number of aryl methyl sites for hydroxylation is 2. The van der Waals surface area contributed by atoms with Gasteiger partial charge in [-0.1, -0.05) is 6.42 Å². The van der Waals surface area contributed by atoms with Crippen molar-refractivity contribution in [3.05, 3.63) is 15.9 Å². The topological polar surface area (TPSA) is 29.9 Å². The summed E-state index contributed by atoms with van der Waals surface area (Å²) in [5, 5.41) is 7.79. The Bertz CT molecular complexity index is 380. The Morgan fingerprint density at radius 3 is 2.56 bits per heavy atom. The molecule has 1 aromatic rings. The monoisotopic (exact) mass is 285 g/mol. The highest BCUT2D eigenvalue weighted by Gasteiger charge is 2.37. The lowest BCUT2D eigenvalue weighted by molar-refractivity contribution is 0.130. The van der Waals surface area contributed by atoms with E-state index in [0.29, 0.717) is 5.41 Å². The molecule has 2 rings (SSSR count). The van der Waals surface area contributed by atoms with Crippen LogP contribution >= 0.6 is 15.9 Å². The summed E-state index contributed by atoms with van der Waals surface area (Å²) < 4.78 is 3.21. The van der Waals surface area contributed by atoms with Gasteiger partial charge in [-0.2, -0.15) is 5.10 Å². The van der Waals surface area contributed by atoms with E-state index in [1.54, 1.807) is 0 Å². The molecule has 1 aromatic heterocycles. The number of hydrogen-bond acceptors (Lipinski definition) is 2. The molecule has 0 aromatic carbocycles. The van der Waals surface area contributed by atoms with Gasteiger partial charge in [0.25, 0.3) is 0 Å². The summed E-state index contributed by atoms with van der Waals surface area (Å²) in [5.41, 5.74) is 2.90. The van der Waals surface area contributed by atoms with Crippen molar-refractivity contribution in [2.24, 2.45) is 12.5 Å². The third-order valence-electron chi connectivity index (χ3n) is 3.77. The Hall–Kier alpha value is -0.350. The van der Waals surface area contributed by atoms with E-state index in [9.17, 15) is 0 Å². The van der Waals surface area contributed by atoms with E-state index in [-0.39, 0.29) is 0 Å². The van der Waals surface area contributed by atoms with Crippen molar-refractivity contribution >= 4 is 15.9 Å². The molecule has 16 heavy (non-hydrogen) atoms. The number of rotatable bonds is 4. The summed E-state index contributed by atoms with van der Waals surface area (Å²) in [6.07, 6.45) is 5.18. The number of nitrogens with one attached hydrogen (secondary N) is 1. The lowest BCUT2D eigenvalue weighted by atomic mass is 9.66. The molecule has 1 N–H and O–H groups in total. The molecular weight excluding hydrogens is 266 g/mol. The summed E-state index contributed by atoms with van der Waals surface area (Å²) in [4.78, 5) is 0. The van der Waals surface area contributed by atoms with E-state index in [2.05, 4.69) is 33.3 Å².